The second kappa shape index (κ2) is 15.5. The Balaban J connectivity index is 0. The molecule has 7 heteroatoms. The number of allylic oxidation sites excluding steroid dienone is 1. The number of unbranched alkanes of at least 4 members (excludes halogenated alkanes) is 2. The number of carbonyl (C=O) groups is 4. The first-order valence-electron chi connectivity index (χ1n) is 8.30. The largest absolute Gasteiger partial charge is 0.379 e. The fourth-order valence-electron chi connectivity index (χ4n) is 1.41. The van der Waals surface area contributed by atoms with Crippen molar-refractivity contribution in [3.8, 4) is 0 Å². The van der Waals surface area contributed by atoms with Crippen LogP contribution < -0.4 is 5.32 Å². The molecule has 0 bridgehead atoms. The Morgan fingerprint density at radius 1 is 1.12 bits per heavy atom. The first-order chi connectivity index (χ1) is 11.7. The fourth-order valence-corrected chi connectivity index (χ4v) is 1.41. The van der Waals surface area contributed by atoms with Crippen LogP contribution in [0.2, 0.25) is 0 Å². The molecule has 0 aromatic heterocycles. The van der Waals surface area contributed by atoms with Crippen molar-refractivity contribution >= 4 is 24.4 Å². The molecule has 0 aliphatic heterocycles. The van der Waals surface area contributed by atoms with Crippen LogP contribution in [0.15, 0.2) is 12.2 Å². The Morgan fingerprint density at radius 3 is 2.20 bits per heavy atom. The molecule has 0 aromatic carbocycles. The molecule has 0 radical (unpaired) electrons. The van der Waals surface area contributed by atoms with Gasteiger partial charge < -0.3 is 19.7 Å². The summed E-state index contributed by atoms with van der Waals surface area (Å²) in [5.74, 6) is -0.346. The zero-order valence-corrected chi connectivity index (χ0v) is 16.0. The minimum Gasteiger partial charge on any atom is -0.379 e. The molecule has 1 N–H and O–H groups in total. The van der Waals surface area contributed by atoms with E-state index in [1.54, 1.807) is 14.2 Å². The lowest BCUT2D eigenvalue weighted by Gasteiger charge is -2.14. The van der Waals surface area contributed by atoms with Crippen LogP contribution in [0.4, 0.5) is 0 Å². The Hall–Kier alpha value is -2.02. The number of rotatable bonds is 10. The number of amides is 2. The summed E-state index contributed by atoms with van der Waals surface area (Å²) >= 11 is 0. The van der Waals surface area contributed by atoms with Crippen LogP contribution in [0.25, 0.3) is 0 Å². The van der Waals surface area contributed by atoms with E-state index < -0.39 is 0 Å². The summed E-state index contributed by atoms with van der Waals surface area (Å²) in [7, 11) is 3.37. The molecule has 0 saturated heterocycles. The average molecular weight is 356 g/mol. The van der Waals surface area contributed by atoms with Gasteiger partial charge in [-0.1, -0.05) is 6.42 Å². The van der Waals surface area contributed by atoms with Crippen LogP contribution in [0.5, 0.6) is 0 Å². The monoisotopic (exact) mass is 356 g/mol. The molecule has 0 heterocycles. The third-order valence-corrected chi connectivity index (χ3v) is 3.09. The van der Waals surface area contributed by atoms with E-state index in [0.29, 0.717) is 25.5 Å². The second-order valence-electron chi connectivity index (χ2n) is 6.35. The topological polar surface area (TPSA) is 92.8 Å². The van der Waals surface area contributed by atoms with Gasteiger partial charge in [0.1, 0.15) is 12.6 Å². The molecule has 0 aromatic rings. The van der Waals surface area contributed by atoms with Crippen molar-refractivity contribution < 1.29 is 23.9 Å². The van der Waals surface area contributed by atoms with E-state index in [-0.39, 0.29) is 24.0 Å². The maximum atomic E-state index is 11.4. The van der Waals surface area contributed by atoms with Gasteiger partial charge in [-0.15, -0.1) is 0 Å². The van der Waals surface area contributed by atoms with Crippen molar-refractivity contribution in [3.63, 3.8) is 0 Å². The maximum Gasteiger partial charge on any atom is 0.246 e. The van der Waals surface area contributed by atoms with Gasteiger partial charge in [-0.25, -0.2) is 0 Å². The van der Waals surface area contributed by atoms with E-state index in [0.717, 1.165) is 25.3 Å². The SMILES string of the molecule is CN(CCCCCC(=O)NCC=O)C(=O)/C=C\C=O.COC(C)(C)C. The van der Waals surface area contributed by atoms with Crippen molar-refractivity contribution in [1.29, 1.82) is 0 Å². The predicted molar refractivity (Wildman–Crippen MR) is 97.1 cm³/mol. The van der Waals surface area contributed by atoms with Crippen LogP contribution in [-0.2, 0) is 23.9 Å². The molecular formula is C18H32N2O5. The average Bonchev–Trinajstić information content (AvgIpc) is 2.57. The van der Waals surface area contributed by atoms with Crippen molar-refractivity contribution in [2.45, 2.75) is 52.1 Å². The molecular weight excluding hydrogens is 324 g/mol. The normalized spacial score (nSPS) is 10.6. The summed E-state index contributed by atoms with van der Waals surface area (Å²) in [6.45, 7) is 6.70. The van der Waals surface area contributed by atoms with Gasteiger partial charge in [0.2, 0.25) is 11.8 Å². The molecule has 0 saturated carbocycles. The van der Waals surface area contributed by atoms with Gasteiger partial charge in [0.05, 0.1) is 12.1 Å². The van der Waals surface area contributed by atoms with E-state index in [1.165, 1.54) is 11.0 Å². The molecule has 0 atom stereocenters. The van der Waals surface area contributed by atoms with Crippen LogP contribution in [0.1, 0.15) is 46.5 Å². The van der Waals surface area contributed by atoms with Crippen molar-refractivity contribution in [2.75, 3.05) is 27.2 Å². The van der Waals surface area contributed by atoms with Crippen LogP contribution in [0, 0.1) is 0 Å². The number of nitrogens with one attached hydrogen (secondary N) is 1. The highest BCUT2D eigenvalue weighted by molar-refractivity contribution is 5.90. The number of hydrogen-bond donors (Lipinski definition) is 1. The summed E-state index contributed by atoms with van der Waals surface area (Å²) in [6, 6.07) is 0. The lowest BCUT2D eigenvalue weighted by atomic mass is 10.2. The third-order valence-electron chi connectivity index (χ3n) is 3.09. The quantitative estimate of drug-likeness (QED) is 0.364. The molecule has 0 rings (SSSR count). The van der Waals surface area contributed by atoms with E-state index in [4.69, 9.17) is 4.74 Å². The van der Waals surface area contributed by atoms with Crippen molar-refractivity contribution in [1.82, 2.24) is 10.2 Å². The Kier molecular flexibility index (Phi) is 15.6. The molecule has 25 heavy (non-hydrogen) atoms. The van der Waals surface area contributed by atoms with Gasteiger partial charge in [-0.2, -0.15) is 0 Å². The van der Waals surface area contributed by atoms with E-state index >= 15 is 0 Å². The van der Waals surface area contributed by atoms with Gasteiger partial charge in [0.25, 0.3) is 0 Å². The molecule has 0 aliphatic carbocycles. The number of carbonyl (C=O) groups excluding carboxylic acids is 4. The standard InChI is InChI=1S/C13H20N2O4.C5H12O/c1-15(13(19)7-5-10-16)9-4-2-3-6-12(18)14-8-11-17;1-5(2,3)6-4/h5,7,10-11H,2-4,6,8-9H2,1H3,(H,14,18);1-4H3/b7-5-;. The van der Waals surface area contributed by atoms with Crippen molar-refractivity contribution in [2.24, 2.45) is 0 Å². The van der Waals surface area contributed by atoms with E-state index in [2.05, 4.69) is 5.32 Å². The minimum absolute atomic E-state index is 0.0417. The molecule has 0 aliphatic rings. The van der Waals surface area contributed by atoms with Gasteiger partial charge in [-0.3, -0.25) is 14.4 Å². The van der Waals surface area contributed by atoms with Gasteiger partial charge in [0.15, 0.2) is 0 Å². The summed E-state index contributed by atoms with van der Waals surface area (Å²) in [5, 5.41) is 2.46. The summed E-state index contributed by atoms with van der Waals surface area (Å²) in [5.41, 5.74) is 0.0417. The van der Waals surface area contributed by atoms with Crippen molar-refractivity contribution in [3.05, 3.63) is 12.2 Å². The van der Waals surface area contributed by atoms with Crippen LogP contribution in [-0.4, -0.2) is 62.1 Å². The Bertz CT molecular complexity index is 428. The molecule has 0 spiro atoms. The maximum absolute atomic E-state index is 11.4. The first kappa shape index (κ1) is 25.2. The van der Waals surface area contributed by atoms with E-state index in [1.807, 2.05) is 20.8 Å². The predicted octanol–water partition coefficient (Wildman–Crippen LogP) is 1.51. The molecule has 2 amide bonds. The summed E-state index contributed by atoms with van der Waals surface area (Å²) < 4.78 is 4.94. The summed E-state index contributed by atoms with van der Waals surface area (Å²) in [4.78, 5) is 44.1. The fraction of sp³-hybridized carbons (Fsp3) is 0.667. The molecule has 0 unspecified atom stereocenters. The molecule has 0 fully saturated rings. The van der Waals surface area contributed by atoms with Crippen LogP contribution in [0.3, 0.4) is 0 Å². The zero-order chi connectivity index (χ0) is 19.7. The highest BCUT2D eigenvalue weighted by Crippen LogP contribution is 2.02. The number of methoxy groups -OCH3 is 1. The molecule has 7 nitrogen and oxygen atoms in total. The lowest BCUT2D eigenvalue weighted by Crippen LogP contribution is -2.26. The lowest BCUT2D eigenvalue weighted by molar-refractivity contribution is -0.125. The number of ether oxygens (including phenoxy) is 1. The van der Waals surface area contributed by atoms with Gasteiger partial charge in [-0.05, 0) is 39.7 Å². The van der Waals surface area contributed by atoms with E-state index in [9.17, 15) is 19.2 Å². The third kappa shape index (κ3) is 19.9. The Labute approximate surface area is 150 Å². The smallest absolute Gasteiger partial charge is 0.246 e. The number of hydrogen-bond acceptors (Lipinski definition) is 5. The zero-order valence-electron chi connectivity index (χ0n) is 16.0. The number of nitrogens with zero attached hydrogens (tertiary/aromatic N) is 1. The summed E-state index contributed by atoms with van der Waals surface area (Å²) in [6.07, 6.45) is 6.31. The number of aldehydes is 2. The first-order valence-corrected chi connectivity index (χ1v) is 8.30. The Morgan fingerprint density at radius 2 is 1.72 bits per heavy atom. The van der Waals surface area contributed by atoms with Gasteiger partial charge in [0, 0.05) is 33.2 Å². The highest BCUT2D eigenvalue weighted by Gasteiger charge is 2.05. The minimum atomic E-state index is -0.212. The van der Waals surface area contributed by atoms with Crippen LogP contribution >= 0.6 is 0 Å². The highest BCUT2D eigenvalue weighted by atomic mass is 16.5. The number of likely N-dealkylation sites (N-methyl/N-ethyl adjacent to an activating group) is 1. The second-order valence-corrected chi connectivity index (χ2v) is 6.35. The molecule has 144 valence electrons. The van der Waals surface area contributed by atoms with Gasteiger partial charge >= 0.3 is 0 Å².